The van der Waals surface area contributed by atoms with Crippen molar-refractivity contribution in [2.24, 2.45) is 0 Å². The number of rotatable bonds is 5. The normalized spacial score (nSPS) is 17.8. The minimum atomic E-state index is -0.842. The smallest absolute Gasteiger partial charge is 0.236 e. The highest BCUT2D eigenvalue weighted by molar-refractivity contribution is 5.78. The van der Waals surface area contributed by atoms with Gasteiger partial charge in [0.1, 0.15) is 5.82 Å². The Kier molecular flexibility index (Phi) is 5.88. The molecule has 1 saturated heterocycles. The molecule has 1 aromatic rings. The van der Waals surface area contributed by atoms with Crippen LogP contribution in [0, 0.1) is 5.82 Å². The Morgan fingerprint density at radius 1 is 1.27 bits per heavy atom. The van der Waals surface area contributed by atoms with Crippen LogP contribution < -0.4 is 0 Å². The average Bonchev–Trinajstić information content (AvgIpc) is 2.47. The van der Waals surface area contributed by atoms with Gasteiger partial charge in [-0.3, -0.25) is 9.69 Å². The topological polar surface area (TPSA) is 47.0 Å². The molecule has 22 heavy (non-hydrogen) atoms. The third kappa shape index (κ3) is 4.50. The minimum absolute atomic E-state index is 0.124. The van der Waals surface area contributed by atoms with E-state index in [1.165, 1.54) is 6.07 Å². The van der Waals surface area contributed by atoms with Gasteiger partial charge in [-0.15, -0.1) is 0 Å². The fourth-order valence-electron chi connectivity index (χ4n) is 2.64. The molecule has 0 aliphatic carbocycles. The molecule has 1 fully saturated rings. The first-order chi connectivity index (χ1) is 10.5. The maximum atomic E-state index is 13.6. The van der Waals surface area contributed by atoms with Crippen LogP contribution in [-0.4, -0.2) is 79.1 Å². The molecule has 0 aromatic heterocycles. The van der Waals surface area contributed by atoms with Crippen LogP contribution in [0.3, 0.4) is 0 Å². The quantitative estimate of drug-likeness (QED) is 0.864. The number of halogens is 1. The lowest BCUT2D eigenvalue weighted by Crippen LogP contribution is -2.51. The van der Waals surface area contributed by atoms with E-state index >= 15 is 0 Å². The Labute approximate surface area is 130 Å². The number of amides is 1. The molecule has 1 aromatic carbocycles. The van der Waals surface area contributed by atoms with Crippen molar-refractivity contribution in [3.05, 3.63) is 35.6 Å². The molecule has 1 atom stereocenters. The summed E-state index contributed by atoms with van der Waals surface area (Å²) < 4.78 is 13.6. The summed E-state index contributed by atoms with van der Waals surface area (Å²) in [6.45, 7) is 3.50. The Bertz CT molecular complexity index is 502. The number of carbonyl (C=O) groups excluding carboxylic acids is 1. The molecule has 0 radical (unpaired) electrons. The van der Waals surface area contributed by atoms with Gasteiger partial charge in [0.15, 0.2) is 0 Å². The maximum absolute atomic E-state index is 13.6. The molecular weight excluding hydrogens is 285 g/mol. The summed E-state index contributed by atoms with van der Waals surface area (Å²) in [6.07, 6.45) is -0.842. The molecule has 1 aliphatic heterocycles. The summed E-state index contributed by atoms with van der Waals surface area (Å²) in [6, 6.07) is 6.30. The Hall–Kier alpha value is -1.50. The third-order valence-corrected chi connectivity index (χ3v) is 3.87. The standard InChI is InChI=1S/C16H24FN3O2/c1-18(2)12-16(22)20-9-7-19(8-10-20)11-15(21)13-5-3-4-6-14(13)17/h3-6,15,21H,7-12H2,1-2H3/t15-/m0/s1. The van der Waals surface area contributed by atoms with Crippen LogP contribution in [-0.2, 0) is 4.79 Å². The second-order valence-electron chi connectivity index (χ2n) is 5.96. The summed E-state index contributed by atoms with van der Waals surface area (Å²) in [7, 11) is 3.75. The molecule has 0 saturated carbocycles. The number of aliphatic hydroxyl groups is 1. The molecule has 0 bridgehead atoms. The number of hydrogen-bond acceptors (Lipinski definition) is 4. The van der Waals surface area contributed by atoms with E-state index in [2.05, 4.69) is 4.90 Å². The maximum Gasteiger partial charge on any atom is 0.236 e. The van der Waals surface area contributed by atoms with Crippen molar-refractivity contribution < 1.29 is 14.3 Å². The molecule has 1 N–H and O–H groups in total. The molecule has 1 aliphatic rings. The Balaban J connectivity index is 1.82. The predicted molar refractivity (Wildman–Crippen MR) is 82.9 cm³/mol. The molecular formula is C16H24FN3O2. The van der Waals surface area contributed by atoms with Crippen LogP contribution in [0.1, 0.15) is 11.7 Å². The first-order valence-electron chi connectivity index (χ1n) is 7.54. The summed E-state index contributed by atoms with van der Waals surface area (Å²) in [5.74, 6) is -0.255. The zero-order valence-corrected chi connectivity index (χ0v) is 13.2. The SMILES string of the molecule is CN(C)CC(=O)N1CCN(C[C@H](O)c2ccccc2F)CC1. The van der Waals surface area contributed by atoms with E-state index in [4.69, 9.17) is 0 Å². The van der Waals surface area contributed by atoms with Gasteiger partial charge < -0.3 is 14.9 Å². The number of likely N-dealkylation sites (N-methyl/N-ethyl adjacent to an activating group) is 1. The van der Waals surface area contributed by atoms with Crippen molar-refractivity contribution in [3.8, 4) is 0 Å². The number of nitrogens with zero attached hydrogens (tertiary/aromatic N) is 3. The number of aliphatic hydroxyl groups excluding tert-OH is 1. The van der Waals surface area contributed by atoms with Gasteiger partial charge in [-0.05, 0) is 20.2 Å². The average molecular weight is 309 g/mol. The molecule has 1 amide bonds. The van der Waals surface area contributed by atoms with Crippen molar-refractivity contribution in [2.45, 2.75) is 6.10 Å². The van der Waals surface area contributed by atoms with E-state index in [1.807, 2.05) is 23.9 Å². The van der Waals surface area contributed by atoms with Gasteiger partial charge in [-0.1, -0.05) is 18.2 Å². The van der Waals surface area contributed by atoms with E-state index < -0.39 is 6.10 Å². The van der Waals surface area contributed by atoms with Gasteiger partial charge in [0.05, 0.1) is 12.6 Å². The number of β-amino-alcohol motifs (C(OH)–C–C–N with tert-alkyl or cyclic N) is 1. The number of benzene rings is 1. The summed E-state index contributed by atoms with van der Waals surface area (Å²) in [5, 5.41) is 10.2. The van der Waals surface area contributed by atoms with Gasteiger partial charge in [0, 0.05) is 38.3 Å². The molecule has 2 rings (SSSR count). The molecule has 0 spiro atoms. The summed E-state index contributed by atoms with van der Waals surface area (Å²) in [5.41, 5.74) is 0.327. The van der Waals surface area contributed by atoms with E-state index in [-0.39, 0.29) is 11.7 Å². The highest BCUT2D eigenvalue weighted by atomic mass is 19.1. The molecule has 122 valence electrons. The molecule has 1 heterocycles. The predicted octanol–water partition coefficient (Wildman–Crippen LogP) is 0.565. The molecule has 5 nitrogen and oxygen atoms in total. The summed E-state index contributed by atoms with van der Waals surface area (Å²) >= 11 is 0. The Morgan fingerprint density at radius 2 is 1.91 bits per heavy atom. The number of hydrogen-bond donors (Lipinski definition) is 1. The van der Waals surface area contributed by atoms with Crippen molar-refractivity contribution in [3.63, 3.8) is 0 Å². The first-order valence-corrected chi connectivity index (χ1v) is 7.54. The highest BCUT2D eigenvalue weighted by Gasteiger charge is 2.23. The van der Waals surface area contributed by atoms with Crippen LogP contribution >= 0.6 is 0 Å². The van der Waals surface area contributed by atoms with Crippen LogP contribution in [0.25, 0.3) is 0 Å². The second kappa shape index (κ2) is 7.67. The van der Waals surface area contributed by atoms with Crippen LogP contribution in [0.2, 0.25) is 0 Å². The molecule has 6 heteroatoms. The van der Waals surface area contributed by atoms with Crippen molar-refractivity contribution >= 4 is 5.91 Å². The second-order valence-corrected chi connectivity index (χ2v) is 5.96. The third-order valence-electron chi connectivity index (χ3n) is 3.87. The van der Waals surface area contributed by atoms with Gasteiger partial charge >= 0.3 is 0 Å². The van der Waals surface area contributed by atoms with E-state index in [0.717, 1.165) is 0 Å². The van der Waals surface area contributed by atoms with Gasteiger partial charge in [0.25, 0.3) is 0 Å². The monoisotopic (exact) mass is 309 g/mol. The Morgan fingerprint density at radius 3 is 2.50 bits per heavy atom. The lowest BCUT2D eigenvalue weighted by atomic mass is 10.1. The fraction of sp³-hybridized carbons (Fsp3) is 0.562. The fourth-order valence-corrected chi connectivity index (χ4v) is 2.64. The van der Waals surface area contributed by atoms with Crippen LogP contribution in [0.15, 0.2) is 24.3 Å². The van der Waals surface area contributed by atoms with Crippen molar-refractivity contribution in [1.82, 2.24) is 14.7 Å². The first kappa shape index (κ1) is 16.9. The lowest BCUT2D eigenvalue weighted by molar-refractivity contribution is -0.133. The van der Waals surface area contributed by atoms with Crippen LogP contribution in [0.5, 0.6) is 0 Å². The lowest BCUT2D eigenvalue weighted by Gasteiger charge is -2.36. The minimum Gasteiger partial charge on any atom is -0.387 e. The van der Waals surface area contributed by atoms with Gasteiger partial charge in [0.2, 0.25) is 5.91 Å². The molecule has 0 unspecified atom stereocenters. The largest absolute Gasteiger partial charge is 0.387 e. The van der Waals surface area contributed by atoms with Gasteiger partial charge in [-0.25, -0.2) is 4.39 Å². The van der Waals surface area contributed by atoms with Gasteiger partial charge in [-0.2, -0.15) is 0 Å². The van der Waals surface area contributed by atoms with Crippen molar-refractivity contribution in [1.29, 1.82) is 0 Å². The van der Waals surface area contributed by atoms with E-state index in [9.17, 15) is 14.3 Å². The van der Waals surface area contributed by atoms with Crippen molar-refractivity contribution in [2.75, 3.05) is 53.4 Å². The number of piperazine rings is 1. The summed E-state index contributed by atoms with van der Waals surface area (Å²) in [4.78, 5) is 17.7. The zero-order chi connectivity index (χ0) is 16.1. The highest BCUT2D eigenvalue weighted by Crippen LogP contribution is 2.18. The number of carbonyl (C=O) groups is 1. The van der Waals surface area contributed by atoms with E-state index in [0.29, 0.717) is 44.8 Å². The van der Waals surface area contributed by atoms with Crippen LogP contribution in [0.4, 0.5) is 4.39 Å². The van der Waals surface area contributed by atoms with E-state index in [1.54, 1.807) is 18.2 Å². The zero-order valence-electron chi connectivity index (χ0n) is 13.2.